The zero-order valence-electron chi connectivity index (χ0n) is 11.0. The molecule has 1 saturated carbocycles. The van der Waals surface area contributed by atoms with Gasteiger partial charge in [0, 0.05) is 31.3 Å². The van der Waals surface area contributed by atoms with Crippen molar-refractivity contribution < 1.29 is 5.11 Å². The smallest absolute Gasteiger partial charge is 0.0436 e. The summed E-state index contributed by atoms with van der Waals surface area (Å²) in [5.41, 5.74) is 0.469. The quantitative estimate of drug-likeness (QED) is 0.759. The van der Waals surface area contributed by atoms with Gasteiger partial charge in [0.2, 0.25) is 0 Å². The SMILES string of the molecule is CN1C2CCC1CC(NCC1(CCO)CC1)C2. The molecule has 0 spiro atoms. The second-order valence-electron chi connectivity index (χ2n) is 6.57. The molecule has 2 bridgehead atoms. The average Bonchev–Trinajstić information content (AvgIpc) is 3.04. The van der Waals surface area contributed by atoms with E-state index in [4.69, 9.17) is 5.11 Å². The Morgan fingerprint density at radius 3 is 2.41 bits per heavy atom. The van der Waals surface area contributed by atoms with Crippen molar-refractivity contribution in [2.75, 3.05) is 20.2 Å². The molecule has 3 aliphatic rings. The van der Waals surface area contributed by atoms with E-state index in [2.05, 4.69) is 17.3 Å². The van der Waals surface area contributed by atoms with E-state index in [0.29, 0.717) is 12.0 Å². The summed E-state index contributed by atoms with van der Waals surface area (Å²) in [5, 5.41) is 12.9. The van der Waals surface area contributed by atoms with Gasteiger partial charge in [-0.15, -0.1) is 0 Å². The second kappa shape index (κ2) is 4.52. The summed E-state index contributed by atoms with van der Waals surface area (Å²) in [4.78, 5) is 2.60. The molecule has 0 aromatic carbocycles. The first-order valence-corrected chi connectivity index (χ1v) is 7.29. The Morgan fingerprint density at radius 1 is 1.24 bits per heavy atom. The van der Waals surface area contributed by atoms with Crippen LogP contribution >= 0.6 is 0 Å². The van der Waals surface area contributed by atoms with Gasteiger partial charge in [-0.1, -0.05) is 0 Å². The van der Waals surface area contributed by atoms with Crippen LogP contribution in [0, 0.1) is 5.41 Å². The number of aliphatic hydroxyl groups is 1. The molecule has 2 atom stereocenters. The molecule has 0 aromatic rings. The minimum atomic E-state index is 0.361. The van der Waals surface area contributed by atoms with Crippen molar-refractivity contribution in [3.8, 4) is 0 Å². The van der Waals surface area contributed by atoms with E-state index >= 15 is 0 Å². The monoisotopic (exact) mass is 238 g/mol. The highest BCUT2D eigenvalue weighted by Crippen LogP contribution is 2.48. The summed E-state index contributed by atoms with van der Waals surface area (Å²) in [7, 11) is 2.30. The Labute approximate surface area is 105 Å². The van der Waals surface area contributed by atoms with Crippen LogP contribution in [0.5, 0.6) is 0 Å². The summed E-state index contributed by atoms with van der Waals surface area (Å²) >= 11 is 0. The van der Waals surface area contributed by atoms with Gasteiger partial charge in [0.25, 0.3) is 0 Å². The number of fused-ring (bicyclic) bond motifs is 2. The first kappa shape index (κ1) is 11.9. The number of hydrogen-bond donors (Lipinski definition) is 2. The van der Waals surface area contributed by atoms with Gasteiger partial charge in [0.15, 0.2) is 0 Å². The lowest BCUT2D eigenvalue weighted by molar-refractivity contribution is 0.143. The third-order valence-electron chi connectivity index (χ3n) is 5.46. The van der Waals surface area contributed by atoms with Crippen LogP contribution in [-0.2, 0) is 0 Å². The summed E-state index contributed by atoms with van der Waals surface area (Å²) in [6, 6.07) is 2.40. The molecule has 2 aliphatic heterocycles. The fourth-order valence-electron chi connectivity index (χ4n) is 3.87. The third-order valence-corrected chi connectivity index (χ3v) is 5.46. The Hall–Kier alpha value is -0.120. The predicted octanol–water partition coefficient (Wildman–Crippen LogP) is 1.36. The first-order chi connectivity index (χ1) is 8.22. The zero-order valence-corrected chi connectivity index (χ0v) is 11.0. The standard InChI is InChI=1S/C14H26N2O/c1-16-12-2-3-13(16)9-11(8-12)15-10-14(4-5-14)6-7-17/h11-13,15,17H,2-10H2,1H3. The zero-order chi connectivity index (χ0) is 11.9. The van der Waals surface area contributed by atoms with Crippen LogP contribution in [0.15, 0.2) is 0 Å². The maximum atomic E-state index is 9.07. The summed E-state index contributed by atoms with van der Waals surface area (Å²) in [6.45, 7) is 1.50. The van der Waals surface area contributed by atoms with Gasteiger partial charge < -0.3 is 15.3 Å². The molecule has 2 heterocycles. The molecular weight excluding hydrogens is 212 g/mol. The predicted molar refractivity (Wildman–Crippen MR) is 69.0 cm³/mol. The maximum Gasteiger partial charge on any atom is 0.0436 e. The Bertz CT molecular complexity index is 263. The molecule has 1 aliphatic carbocycles. The average molecular weight is 238 g/mol. The van der Waals surface area contributed by atoms with E-state index in [1.54, 1.807) is 0 Å². The van der Waals surface area contributed by atoms with Gasteiger partial charge in [-0.3, -0.25) is 0 Å². The van der Waals surface area contributed by atoms with Crippen LogP contribution in [-0.4, -0.2) is 48.3 Å². The lowest BCUT2D eigenvalue weighted by Gasteiger charge is -2.37. The summed E-state index contributed by atoms with van der Waals surface area (Å²) < 4.78 is 0. The molecule has 2 saturated heterocycles. The number of hydrogen-bond acceptors (Lipinski definition) is 3. The van der Waals surface area contributed by atoms with E-state index < -0.39 is 0 Å². The molecule has 0 aromatic heterocycles. The number of nitrogens with one attached hydrogen (secondary N) is 1. The fourth-order valence-corrected chi connectivity index (χ4v) is 3.87. The molecule has 3 rings (SSSR count). The lowest BCUT2D eigenvalue weighted by Crippen LogP contribution is -2.48. The van der Waals surface area contributed by atoms with Gasteiger partial charge in [-0.25, -0.2) is 0 Å². The molecule has 0 amide bonds. The van der Waals surface area contributed by atoms with E-state index in [0.717, 1.165) is 31.1 Å². The topological polar surface area (TPSA) is 35.5 Å². The third kappa shape index (κ3) is 2.38. The van der Waals surface area contributed by atoms with Crippen molar-refractivity contribution >= 4 is 0 Å². The van der Waals surface area contributed by atoms with Crippen molar-refractivity contribution in [3.63, 3.8) is 0 Å². The number of piperidine rings is 1. The molecule has 2 unspecified atom stereocenters. The minimum absolute atomic E-state index is 0.361. The highest BCUT2D eigenvalue weighted by molar-refractivity contribution is 4.99. The molecule has 3 fully saturated rings. The van der Waals surface area contributed by atoms with Crippen LogP contribution < -0.4 is 5.32 Å². The Morgan fingerprint density at radius 2 is 1.88 bits per heavy atom. The second-order valence-corrected chi connectivity index (χ2v) is 6.57. The van der Waals surface area contributed by atoms with Gasteiger partial charge in [0.1, 0.15) is 0 Å². The highest BCUT2D eigenvalue weighted by atomic mass is 16.3. The number of rotatable bonds is 5. The van der Waals surface area contributed by atoms with Crippen molar-refractivity contribution in [3.05, 3.63) is 0 Å². The molecule has 3 nitrogen and oxygen atoms in total. The molecule has 17 heavy (non-hydrogen) atoms. The lowest BCUT2D eigenvalue weighted by atomic mass is 9.96. The van der Waals surface area contributed by atoms with E-state index in [1.807, 2.05) is 0 Å². The Kier molecular flexibility index (Phi) is 3.18. The fraction of sp³-hybridized carbons (Fsp3) is 1.00. The van der Waals surface area contributed by atoms with Crippen molar-refractivity contribution in [1.29, 1.82) is 0 Å². The van der Waals surface area contributed by atoms with Gasteiger partial charge in [-0.2, -0.15) is 0 Å². The van der Waals surface area contributed by atoms with Gasteiger partial charge in [0.05, 0.1) is 0 Å². The largest absolute Gasteiger partial charge is 0.396 e. The molecule has 98 valence electrons. The summed E-state index contributed by atoms with van der Waals surface area (Å²) in [5.74, 6) is 0. The van der Waals surface area contributed by atoms with E-state index in [1.165, 1.54) is 38.5 Å². The summed E-state index contributed by atoms with van der Waals surface area (Å²) in [6.07, 6.45) is 9.12. The Balaban J connectivity index is 1.48. The van der Waals surface area contributed by atoms with Crippen molar-refractivity contribution in [2.24, 2.45) is 5.41 Å². The maximum absolute atomic E-state index is 9.07. The van der Waals surface area contributed by atoms with Crippen molar-refractivity contribution in [1.82, 2.24) is 10.2 Å². The molecular formula is C14H26N2O. The molecule has 2 N–H and O–H groups in total. The minimum Gasteiger partial charge on any atom is -0.396 e. The first-order valence-electron chi connectivity index (χ1n) is 7.29. The van der Waals surface area contributed by atoms with Crippen LogP contribution in [0.4, 0.5) is 0 Å². The number of nitrogens with zero attached hydrogens (tertiary/aromatic N) is 1. The van der Waals surface area contributed by atoms with Crippen LogP contribution in [0.1, 0.15) is 44.9 Å². The van der Waals surface area contributed by atoms with Crippen LogP contribution in [0.2, 0.25) is 0 Å². The van der Waals surface area contributed by atoms with Gasteiger partial charge >= 0.3 is 0 Å². The molecule has 3 heteroatoms. The molecule has 0 radical (unpaired) electrons. The van der Waals surface area contributed by atoms with Crippen LogP contribution in [0.25, 0.3) is 0 Å². The highest BCUT2D eigenvalue weighted by Gasteiger charge is 2.43. The van der Waals surface area contributed by atoms with Gasteiger partial charge in [-0.05, 0) is 57.4 Å². The number of aliphatic hydroxyl groups excluding tert-OH is 1. The normalized spacial score (nSPS) is 39.5. The van der Waals surface area contributed by atoms with Crippen LogP contribution in [0.3, 0.4) is 0 Å². The van der Waals surface area contributed by atoms with Crippen molar-refractivity contribution in [2.45, 2.75) is 63.1 Å². The van der Waals surface area contributed by atoms with E-state index in [-0.39, 0.29) is 0 Å². The van der Waals surface area contributed by atoms with E-state index in [9.17, 15) is 0 Å².